The van der Waals surface area contributed by atoms with Gasteiger partial charge in [0.15, 0.2) is 11.5 Å². The highest BCUT2D eigenvalue weighted by Crippen LogP contribution is 2.35. The summed E-state index contributed by atoms with van der Waals surface area (Å²) in [7, 11) is 0. The van der Waals surface area contributed by atoms with E-state index in [0.29, 0.717) is 11.5 Å². The van der Waals surface area contributed by atoms with Gasteiger partial charge in [-0.3, -0.25) is 14.9 Å². The number of hydrogen-bond donors (Lipinski definition) is 1. The fourth-order valence-electron chi connectivity index (χ4n) is 2.89. The summed E-state index contributed by atoms with van der Waals surface area (Å²) >= 11 is 0. The third-order valence-electron chi connectivity index (χ3n) is 4.28. The quantitative estimate of drug-likeness (QED) is 0.428. The van der Waals surface area contributed by atoms with Crippen molar-refractivity contribution in [3.63, 3.8) is 0 Å². The van der Waals surface area contributed by atoms with Gasteiger partial charge in [0.25, 0.3) is 11.6 Å². The Morgan fingerprint density at radius 2 is 1.79 bits per heavy atom. The zero-order chi connectivity index (χ0) is 19.5. The largest absolute Gasteiger partial charge is 0.485 e. The zero-order valence-electron chi connectivity index (χ0n) is 14.6. The first kappa shape index (κ1) is 17.5. The number of hydrazone groups is 1. The second kappa shape index (κ2) is 7.36. The van der Waals surface area contributed by atoms with Gasteiger partial charge in [-0.2, -0.15) is 5.10 Å². The van der Waals surface area contributed by atoms with Crippen LogP contribution in [0.15, 0.2) is 65.8 Å². The fraction of sp³-hybridized carbons (Fsp3) is 0.100. The second-order valence-electron chi connectivity index (χ2n) is 6.11. The minimum atomic E-state index is -0.878. The molecule has 4 rings (SSSR count). The van der Waals surface area contributed by atoms with E-state index in [1.54, 1.807) is 12.1 Å². The summed E-state index contributed by atoms with van der Waals surface area (Å²) in [6, 6.07) is 17.6. The van der Waals surface area contributed by atoms with Crippen LogP contribution < -0.4 is 14.9 Å². The van der Waals surface area contributed by atoms with Crippen molar-refractivity contribution in [2.24, 2.45) is 5.10 Å². The molecule has 1 aliphatic heterocycles. The molecule has 1 N–H and O–H groups in total. The molecule has 0 saturated carbocycles. The highest BCUT2D eigenvalue weighted by atomic mass is 16.6. The lowest BCUT2D eigenvalue weighted by Crippen LogP contribution is -2.42. The molecule has 1 heterocycles. The first-order valence-corrected chi connectivity index (χ1v) is 8.50. The number of nitrogens with zero attached hydrogens (tertiary/aromatic N) is 2. The molecular weight excluding hydrogens is 362 g/mol. The number of rotatable bonds is 4. The summed E-state index contributed by atoms with van der Waals surface area (Å²) in [5, 5.41) is 16.8. The molecule has 0 saturated heterocycles. The molecule has 1 amide bonds. The molecule has 140 valence electrons. The Bertz CT molecular complexity index is 1100. The van der Waals surface area contributed by atoms with Crippen LogP contribution in [0, 0.1) is 10.1 Å². The van der Waals surface area contributed by atoms with Crippen molar-refractivity contribution < 1.29 is 19.2 Å². The van der Waals surface area contributed by atoms with Gasteiger partial charge in [-0.25, -0.2) is 5.43 Å². The van der Waals surface area contributed by atoms with Gasteiger partial charge in [0, 0.05) is 6.07 Å². The van der Waals surface area contributed by atoms with E-state index in [-0.39, 0.29) is 17.9 Å². The second-order valence-corrected chi connectivity index (χ2v) is 6.11. The Hall–Kier alpha value is -3.94. The van der Waals surface area contributed by atoms with E-state index in [1.165, 1.54) is 18.3 Å². The standard InChI is InChI=1S/C20H15N3O5/c24-20(22-21-11-15-7-3-4-8-16(15)23(25)26)19-12-27-17-9-13-5-1-2-6-14(13)10-18(17)28-19/h1-11,19H,12H2,(H,22,24)/b21-11-/t19-/m1/s1. The number of fused-ring (bicyclic) bond motifs is 2. The van der Waals surface area contributed by atoms with Crippen LogP contribution in [0.5, 0.6) is 11.5 Å². The van der Waals surface area contributed by atoms with Crippen LogP contribution in [0.4, 0.5) is 5.69 Å². The number of hydrogen-bond acceptors (Lipinski definition) is 6. The lowest BCUT2D eigenvalue weighted by atomic mass is 10.1. The number of benzene rings is 3. The number of nitro benzene ring substituents is 1. The third kappa shape index (κ3) is 3.48. The highest BCUT2D eigenvalue weighted by Gasteiger charge is 2.27. The summed E-state index contributed by atoms with van der Waals surface area (Å²) in [6.45, 7) is 0.0399. The monoisotopic (exact) mass is 377 g/mol. The van der Waals surface area contributed by atoms with E-state index in [0.717, 1.165) is 10.8 Å². The van der Waals surface area contributed by atoms with E-state index in [1.807, 2.05) is 36.4 Å². The molecule has 28 heavy (non-hydrogen) atoms. The van der Waals surface area contributed by atoms with Crippen LogP contribution in [-0.4, -0.2) is 29.8 Å². The van der Waals surface area contributed by atoms with Crippen LogP contribution in [0.25, 0.3) is 10.8 Å². The highest BCUT2D eigenvalue weighted by molar-refractivity contribution is 5.89. The zero-order valence-corrected chi connectivity index (χ0v) is 14.6. The van der Waals surface area contributed by atoms with E-state index in [4.69, 9.17) is 9.47 Å². The summed E-state index contributed by atoms with van der Waals surface area (Å²) in [5.74, 6) is 0.549. The number of carbonyl (C=O) groups is 1. The Morgan fingerprint density at radius 3 is 2.54 bits per heavy atom. The maximum Gasteiger partial charge on any atom is 0.284 e. The van der Waals surface area contributed by atoms with Crippen LogP contribution >= 0.6 is 0 Å². The first-order valence-electron chi connectivity index (χ1n) is 8.50. The Morgan fingerprint density at radius 1 is 1.11 bits per heavy atom. The van der Waals surface area contributed by atoms with Crippen molar-refractivity contribution in [1.82, 2.24) is 5.43 Å². The van der Waals surface area contributed by atoms with Gasteiger partial charge in [0.05, 0.1) is 16.7 Å². The number of nitrogens with one attached hydrogen (secondary N) is 1. The summed E-state index contributed by atoms with van der Waals surface area (Å²) in [4.78, 5) is 22.8. The van der Waals surface area contributed by atoms with Crippen molar-refractivity contribution in [3.05, 3.63) is 76.3 Å². The maximum atomic E-state index is 12.3. The number of para-hydroxylation sites is 1. The van der Waals surface area contributed by atoms with E-state index in [2.05, 4.69) is 10.5 Å². The molecule has 0 bridgehead atoms. The molecule has 8 heteroatoms. The van der Waals surface area contributed by atoms with Crippen LogP contribution in [-0.2, 0) is 4.79 Å². The van der Waals surface area contributed by atoms with Crippen molar-refractivity contribution in [2.45, 2.75) is 6.10 Å². The average molecular weight is 377 g/mol. The predicted octanol–water partition coefficient (Wildman–Crippen LogP) is 3.04. The number of carbonyl (C=O) groups excluding carboxylic acids is 1. The summed E-state index contributed by atoms with van der Waals surface area (Å²) in [6.07, 6.45) is 0.345. The Balaban J connectivity index is 1.45. The number of amides is 1. The molecule has 0 unspecified atom stereocenters. The van der Waals surface area contributed by atoms with Crippen LogP contribution in [0.2, 0.25) is 0 Å². The van der Waals surface area contributed by atoms with Crippen molar-refractivity contribution in [2.75, 3.05) is 6.61 Å². The van der Waals surface area contributed by atoms with Crippen molar-refractivity contribution in [1.29, 1.82) is 0 Å². The minimum absolute atomic E-state index is 0.0399. The summed E-state index contributed by atoms with van der Waals surface area (Å²) in [5.41, 5.74) is 2.52. The maximum absolute atomic E-state index is 12.3. The van der Waals surface area contributed by atoms with Gasteiger partial charge in [-0.1, -0.05) is 36.4 Å². The van der Waals surface area contributed by atoms with Gasteiger partial charge in [-0.05, 0) is 29.0 Å². The van der Waals surface area contributed by atoms with Gasteiger partial charge in [0.1, 0.15) is 6.61 Å². The first-order chi connectivity index (χ1) is 13.6. The molecule has 1 atom stereocenters. The predicted molar refractivity (Wildman–Crippen MR) is 103 cm³/mol. The van der Waals surface area contributed by atoms with E-state index >= 15 is 0 Å². The van der Waals surface area contributed by atoms with Crippen molar-refractivity contribution >= 4 is 28.6 Å². The smallest absolute Gasteiger partial charge is 0.284 e. The molecule has 0 aromatic heterocycles. The van der Waals surface area contributed by atoms with E-state index in [9.17, 15) is 14.9 Å². The SMILES string of the molecule is O=C(N/N=C\c1ccccc1[N+](=O)[O-])[C@H]1COc2cc3ccccc3cc2O1. The number of nitro groups is 1. The molecular formula is C20H15N3O5. The molecule has 3 aromatic rings. The molecule has 0 radical (unpaired) electrons. The molecule has 0 fully saturated rings. The molecule has 1 aliphatic rings. The number of ether oxygens (including phenoxy) is 2. The van der Waals surface area contributed by atoms with E-state index < -0.39 is 16.9 Å². The van der Waals surface area contributed by atoms with Gasteiger partial charge < -0.3 is 9.47 Å². The fourth-order valence-corrected chi connectivity index (χ4v) is 2.89. The third-order valence-corrected chi connectivity index (χ3v) is 4.28. The van der Waals surface area contributed by atoms with Crippen molar-refractivity contribution in [3.8, 4) is 11.5 Å². The Kier molecular flexibility index (Phi) is 4.59. The van der Waals surface area contributed by atoms with Gasteiger partial charge in [0.2, 0.25) is 6.10 Å². The molecule has 0 spiro atoms. The van der Waals surface area contributed by atoms with Gasteiger partial charge in [-0.15, -0.1) is 0 Å². The summed E-state index contributed by atoms with van der Waals surface area (Å²) < 4.78 is 11.4. The normalized spacial score (nSPS) is 15.5. The topological polar surface area (TPSA) is 103 Å². The molecule has 8 nitrogen and oxygen atoms in total. The van der Waals surface area contributed by atoms with Crippen LogP contribution in [0.1, 0.15) is 5.56 Å². The molecule has 3 aromatic carbocycles. The average Bonchev–Trinajstić information content (AvgIpc) is 2.72. The lowest BCUT2D eigenvalue weighted by molar-refractivity contribution is -0.385. The molecule has 0 aliphatic carbocycles. The lowest BCUT2D eigenvalue weighted by Gasteiger charge is -2.25. The van der Waals surface area contributed by atoms with Gasteiger partial charge >= 0.3 is 0 Å². The van der Waals surface area contributed by atoms with Crippen LogP contribution in [0.3, 0.4) is 0 Å². The Labute approximate surface area is 159 Å². The minimum Gasteiger partial charge on any atom is -0.485 e.